The maximum absolute atomic E-state index is 11.3. The van der Waals surface area contributed by atoms with Crippen LogP contribution in [0.3, 0.4) is 0 Å². The highest BCUT2D eigenvalue weighted by Gasteiger charge is 2.06. The quantitative estimate of drug-likeness (QED) is 0.535. The van der Waals surface area contributed by atoms with Gasteiger partial charge >= 0.3 is 5.97 Å². The Morgan fingerprint density at radius 3 is 2.88 bits per heavy atom. The number of nitrogens with zero attached hydrogens (tertiary/aromatic N) is 1. The summed E-state index contributed by atoms with van der Waals surface area (Å²) in [6, 6.07) is 3.12. The molecule has 0 saturated heterocycles. The van der Waals surface area contributed by atoms with Crippen molar-refractivity contribution < 1.29 is 19.0 Å². The Balaban J connectivity index is 2.40. The minimum atomic E-state index is -0.403. The Bertz CT molecular complexity index is 354. The van der Waals surface area contributed by atoms with Crippen molar-refractivity contribution in [3.8, 4) is 5.88 Å². The molecule has 0 saturated carbocycles. The van der Waals surface area contributed by atoms with E-state index >= 15 is 0 Å². The predicted octanol–water partition coefficient (Wildman–Crippen LogP) is 1.67. The minimum absolute atomic E-state index is 0.396. The van der Waals surface area contributed by atoms with Gasteiger partial charge in [-0.15, -0.1) is 0 Å². The van der Waals surface area contributed by atoms with Gasteiger partial charge in [0.05, 0.1) is 19.3 Å². The minimum Gasteiger partial charge on any atom is -0.475 e. The van der Waals surface area contributed by atoms with E-state index in [0.29, 0.717) is 24.7 Å². The number of carbonyl (C=O) groups is 1. The molecule has 1 heterocycles. The summed E-state index contributed by atoms with van der Waals surface area (Å²) in [6.45, 7) is 3.69. The van der Waals surface area contributed by atoms with Crippen LogP contribution >= 0.6 is 0 Å². The Kier molecular flexibility index (Phi) is 6.03. The summed E-state index contributed by atoms with van der Waals surface area (Å²) in [5, 5.41) is 0. The van der Waals surface area contributed by atoms with Crippen LogP contribution < -0.4 is 4.74 Å². The second-order valence-electron chi connectivity index (χ2n) is 3.34. The van der Waals surface area contributed by atoms with Crippen LogP contribution in [0.25, 0.3) is 0 Å². The van der Waals surface area contributed by atoms with Crippen molar-refractivity contribution in [2.45, 2.75) is 13.3 Å². The van der Waals surface area contributed by atoms with Crippen molar-refractivity contribution in [2.24, 2.45) is 0 Å². The highest BCUT2D eigenvalue weighted by molar-refractivity contribution is 5.89. The molecule has 0 bridgehead atoms. The topological polar surface area (TPSA) is 57.7 Å². The maximum Gasteiger partial charge on any atom is 0.338 e. The molecule has 0 unspecified atom stereocenters. The van der Waals surface area contributed by atoms with Crippen LogP contribution in [0.5, 0.6) is 5.88 Å². The zero-order valence-electron chi connectivity index (χ0n) is 10.1. The molecule has 0 aromatic carbocycles. The van der Waals surface area contributed by atoms with Crippen LogP contribution in [0.4, 0.5) is 0 Å². The lowest BCUT2D eigenvalue weighted by Gasteiger charge is -2.06. The first-order valence-electron chi connectivity index (χ1n) is 5.52. The standard InChI is InChI=1S/C12H17NO4/c1-3-6-16-7-8-17-11-9-10(4-5-13-11)12(14)15-2/h4-5,9H,3,6-8H2,1-2H3. The van der Waals surface area contributed by atoms with Gasteiger partial charge in [-0.3, -0.25) is 0 Å². The summed E-state index contributed by atoms with van der Waals surface area (Å²) >= 11 is 0. The number of hydrogen-bond acceptors (Lipinski definition) is 5. The molecular weight excluding hydrogens is 222 g/mol. The summed E-state index contributed by atoms with van der Waals surface area (Å²) in [4.78, 5) is 15.2. The lowest BCUT2D eigenvalue weighted by molar-refractivity contribution is 0.0599. The first-order chi connectivity index (χ1) is 8.27. The molecule has 0 aliphatic heterocycles. The molecule has 0 aliphatic rings. The second-order valence-corrected chi connectivity index (χ2v) is 3.34. The fourth-order valence-corrected chi connectivity index (χ4v) is 1.18. The van der Waals surface area contributed by atoms with Crippen molar-refractivity contribution in [3.63, 3.8) is 0 Å². The molecule has 0 radical (unpaired) electrons. The van der Waals surface area contributed by atoms with Crippen molar-refractivity contribution in [2.75, 3.05) is 26.9 Å². The van der Waals surface area contributed by atoms with Crippen molar-refractivity contribution in [3.05, 3.63) is 23.9 Å². The van der Waals surface area contributed by atoms with Crippen LogP contribution in [-0.4, -0.2) is 37.9 Å². The fourth-order valence-electron chi connectivity index (χ4n) is 1.18. The van der Waals surface area contributed by atoms with Crippen LogP contribution in [0.1, 0.15) is 23.7 Å². The number of hydrogen-bond donors (Lipinski definition) is 0. The lowest BCUT2D eigenvalue weighted by Crippen LogP contribution is -2.09. The van der Waals surface area contributed by atoms with E-state index in [9.17, 15) is 4.79 Å². The molecule has 1 aromatic rings. The van der Waals surface area contributed by atoms with Gasteiger partial charge in [0, 0.05) is 18.9 Å². The fraction of sp³-hybridized carbons (Fsp3) is 0.500. The van der Waals surface area contributed by atoms with Crippen molar-refractivity contribution in [1.82, 2.24) is 4.98 Å². The predicted molar refractivity (Wildman–Crippen MR) is 62.2 cm³/mol. The molecule has 0 spiro atoms. The van der Waals surface area contributed by atoms with Crippen LogP contribution in [-0.2, 0) is 9.47 Å². The molecule has 0 atom stereocenters. The van der Waals surface area contributed by atoms with Gasteiger partial charge < -0.3 is 14.2 Å². The maximum atomic E-state index is 11.3. The number of aromatic nitrogens is 1. The average molecular weight is 239 g/mol. The smallest absolute Gasteiger partial charge is 0.338 e. The van der Waals surface area contributed by atoms with E-state index in [1.165, 1.54) is 13.3 Å². The zero-order chi connectivity index (χ0) is 12.5. The first kappa shape index (κ1) is 13.4. The van der Waals surface area contributed by atoms with E-state index in [1.54, 1.807) is 12.1 Å². The van der Waals surface area contributed by atoms with Crippen LogP contribution in [0, 0.1) is 0 Å². The van der Waals surface area contributed by atoms with Crippen molar-refractivity contribution in [1.29, 1.82) is 0 Å². The Morgan fingerprint density at radius 2 is 2.18 bits per heavy atom. The summed E-state index contributed by atoms with van der Waals surface area (Å²) < 4.78 is 15.2. The number of carbonyl (C=O) groups excluding carboxylic acids is 1. The largest absolute Gasteiger partial charge is 0.475 e. The molecule has 0 fully saturated rings. The summed E-state index contributed by atoms with van der Waals surface area (Å²) in [7, 11) is 1.34. The molecule has 17 heavy (non-hydrogen) atoms. The summed E-state index contributed by atoms with van der Waals surface area (Å²) in [6.07, 6.45) is 2.49. The Labute approximate surface area is 101 Å². The van der Waals surface area contributed by atoms with Crippen LogP contribution in [0.15, 0.2) is 18.3 Å². The highest BCUT2D eigenvalue weighted by Crippen LogP contribution is 2.10. The van der Waals surface area contributed by atoms with Gasteiger partial charge in [-0.1, -0.05) is 6.92 Å². The van der Waals surface area contributed by atoms with Gasteiger partial charge in [0.1, 0.15) is 6.61 Å². The molecule has 5 heteroatoms. The van der Waals surface area contributed by atoms with E-state index in [1.807, 2.05) is 6.92 Å². The van der Waals surface area contributed by atoms with Gasteiger partial charge in [-0.25, -0.2) is 9.78 Å². The molecule has 0 N–H and O–H groups in total. The number of pyridine rings is 1. The normalized spacial score (nSPS) is 10.0. The first-order valence-corrected chi connectivity index (χ1v) is 5.52. The van der Waals surface area contributed by atoms with E-state index in [-0.39, 0.29) is 0 Å². The highest BCUT2D eigenvalue weighted by atomic mass is 16.5. The number of ether oxygens (including phenoxy) is 3. The average Bonchev–Trinajstić information content (AvgIpc) is 2.38. The molecular formula is C12H17NO4. The Morgan fingerprint density at radius 1 is 1.35 bits per heavy atom. The van der Waals surface area contributed by atoms with Gasteiger partial charge in [0.15, 0.2) is 0 Å². The van der Waals surface area contributed by atoms with E-state index < -0.39 is 5.97 Å². The number of rotatable bonds is 7. The molecule has 1 rings (SSSR count). The molecule has 0 amide bonds. The molecule has 0 aliphatic carbocycles. The van der Waals surface area contributed by atoms with E-state index in [4.69, 9.17) is 9.47 Å². The third-order valence-corrected chi connectivity index (χ3v) is 1.98. The summed E-state index contributed by atoms with van der Waals surface area (Å²) in [5.74, 6) is -0.00696. The third kappa shape index (κ3) is 4.82. The van der Waals surface area contributed by atoms with Gasteiger partial charge in [-0.05, 0) is 12.5 Å². The van der Waals surface area contributed by atoms with E-state index in [0.717, 1.165) is 13.0 Å². The lowest BCUT2D eigenvalue weighted by atomic mass is 10.3. The van der Waals surface area contributed by atoms with Gasteiger partial charge in [0.2, 0.25) is 5.88 Å². The zero-order valence-corrected chi connectivity index (χ0v) is 10.1. The van der Waals surface area contributed by atoms with Gasteiger partial charge in [-0.2, -0.15) is 0 Å². The third-order valence-electron chi connectivity index (χ3n) is 1.98. The molecule has 94 valence electrons. The van der Waals surface area contributed by atoms with E-state index in [2.05, 4.69) is 9.72 Å². The van der Waals surface area contributed by atoms with Crippen molar-refractivity contribution >= 4 is 5.97 Å². The second kappa shape index (κ2) is 7.62. The molecule has 5 nitrogen and oxygen atoms in total. The number of esters is 1. The number of methoxy groups -OCH3 is 1. The Hall–Kier alpha value is -1.62. The van der Waals surface area contributed by atoms with Crippen LogP contribution in [0.2, 0.25) is 0 Å². The monoisotopic (exact) mass is 239 g/mol. The van der Waals surface area contributed by atoms with Gasteiger partial charge in [0.25, 0.3) is 0 Å². The SMILES string of the molecule is CCCOCCOc1cc(C(=O)OC)ccn1. The summed E-state index contributed by atoms with van der Waals surface area (Å²) in [5.41, 5.74) is 0.423. The molecule has 1 aromatic heterocycles.